The fraction of sp³-hybridized carbons (Fsp3) is 0.294. The fourth-order valence-electron chi connectivity index (χ4n) is 1.95. The predicted octanol–water partition coefficient (Wildman–Crippen LogP) is 3.69. The van der Waals surface area contributed by atoms with E-state index in [1.807, 2.05) is 31.3 Å². The Morgan fingerprint density at radius 3 is 2.33 bits per heavy atom. The van der Waals surface area contributed by atoms with Gasteiger partial charge in [-0.1, -0.05) is 12.1 Å². The minimum absolute atomic E-state index is 0.191. The van der Waals surface area contributed by atoms with E-state index in [9.17, 15) is 4.39 Å². The van der Waals surface area contributed by atoms with Crippen LogP contribution in [0.3, 0.4) is 0 Å². The molecular formula is C17H20FNO2. The lowest BCUT2D eigenvalue weighted by atomic mass is 10.1. The van der Waals surface area contributed by atoms with Crippen LogP contribution in [0.2, 0.25) is 0 Å². The Morgan fingerprint density at radius 1 is 1.10 bits per heavy atom. The highest BCUT2D eigenvalue weighted by Crippen LogP contribution is 2.20. The van der Waals surface area contributed by atoms with Crippen molar-refractivity contribution in [2.45, 2.75) is 19.6 Å². The number of nitrogens with one attached hydrogen (secondary N) is 1. The number of benzene rings is 2. The molecule has 1 unspecified atom stereocenters. The van der Waals surface area contributed by atoms with Crippen molar-refractivity contribution in [1.82, 2.24) is 5.32 Å². The summed E-state index contributed by atoms with van der Waals surface area (Å²) < 4.78 is 24.4. The SMILES string of the molecule is CNC(C)c1ccc(OCc2ccc(OC)cc2F)cc1. The van der Waals surface area contributed by atoms with Gasteiger partial charge in [-0.15, -0.1) is 0 Å². The van der Waals surface area contributed by atoms with Crippen molar-refractivity contribution in [2.75, 3.05) is 14.2 Å². The maximum Gasteiger partial charge on any atom is 0.133 e. The van der Waals surface area contributed by atoms with E-state index in [0.29, 0.717) is 11.3 Å². The first kappa shape index (κ1) is 15.3. The average Bonchev–Trinajstić information content (AvgIpc) is 2.53. The molecule has 0 aromatic heterocycles. The summed E-state index contributed by atoms with van der Waals surface area (Å²) in [5.41, 5.74) is 1.68. The van der Waals surface area contributed by atoms with Crippen LogP contribution in [0.1, 0.15) is 24.1 Å². The molecule has 0 saturated heterocycles. The van der Waals surface area contributed by atoms with Gasteiger partial charge in [0.15, 0.2) is 0 Å². The Hall–Kier alpha value is -2.07. The molecule has 1 atom stereocenters. The van der Waals surface area contributed by atoms with Crippen molar-refractivity contribution in [3.05, 3.63) is 59.4 Å². The van der Waals surface area contributed by atoms with Crippen molar-refractivity contribution < 1.29 is 13.9 Å². The number of ether oxygens (including phenoxy) is 2. The zero-order valence-corrected chi connectivity index (χ0v) is 12.5. The van der Waals surface area contributed by atoms with Gasteiger partial charge in [-0.05, 0) is 43.8 Å². The zero-order chi connectivity index (χ0) is 15.2. The molecule has 3 nitrogen and oxygen atoms in total. The summed E-state index contributed by atoms with van der Waals surface area (Å²) in [5, 5.41) is 3.17. The van der Waals surface area contributed by atoms with Gasteiger partial charge in [0.05, 0.1) is 7.11 Å². The highest BCUT2D eigenvalue weighted by Gasteiger charge is 2.06. The molecule has 4 heteroatoms. The molecule has 0 heterocycles. The molecule has 0 bridgehead atoms. The van der Waals surface area contributed by atoms with Crippen LogP contribution in [0.25, 0.3) is 0 Å². The third-order valence-corrected chi connectivity index (χ3v) is 3.47. The number of methoxy groups -OCH3 is 1. The lowest BCUT2D eigenvalue weighted by molar-refractivity contribution is 0.299. The second-order valence-corrected chi connectivity index (χ2v) is 4.83. The van der Waals surface area contributed by atoms with Crippen LogP contribution in [0.15, 0.2) is 42.5 Å². The average molecular weight is 289 g/mol. The first-order valence-electron chi connectivity index (χ1n) is 6.86. The van der Waals surface area contributed by atoms with Gasteiger partial charge in [0.25, 0.3) is 0 Å². The maximum atomic E-state index is 13.8. The van der Waals surface area contributed by atoms with Crippen LogP contribution < -0.4 is 14.8 Å². The molecule has 0 radical (unpaired) electrons. The highest BCUT2D eigenvalue weighted by molar-refractivity contribution is 5.31. The monoisotopic (exact) mass is 289 g/mol. The number of rotatable bonds is 6. The van der Waals surface area contributed by atoms with Gasteiger partial charge < -0.3 is 14.8 Å². The molecule has 0 aliphatic carbocycles. The predicted molar refractivity (Wildman–Crippen MR) is 81.2 cm³/mol. The molecule has 0 saturated carbocycles. The maximum absolute atomic E-state index is 13.8. The van der Waals surface area contributed by atoms with Crippen LogP contribution in [-0.4, -0.2) is 14.2 Å². The van der Waals surface area contributed by atoms with Crippen molar-refractivity contribution >= 4 is 0 Å². The normalized spacial score (nSPS) is 12.0. The van der Waals surface area contributed by atoms with Crippen LogP contribution in [0, 0.1) is 5.82 Å². The molecule has 1 N–H and O–H groups in total. The molecule has 0 amide bonds. The quantitative estimate of drug-likeness (QED) is 0.879. The number of hydrogen-bond acceptors (Lipinski definition) is 3. The summed E-state index contributed by atoms with van der Waals surface area (Å²) in [4.78, 5) is 0. The number of halogens is 1. The van der Waals surface area contributed by atoms with Gasteiger partial charge in [-0.2, -0.15) is 0 Å². The standard InChI is InChI=1S/C17H20FNO2/c1-12(19-2)13-4-7-15(8-5-13)21-11-14-6-9-16(20-3)10-17(14)18/h4-10,12,19H,11H2,1-3H3. The Kier molecular flexibility index (Phi) is 5.17. The summed E-state index contributed by atoms with van der Waals surface area (Å²) in [6.45, 7) is 2.28. The lowest BCUT2D eigenvalue weighted by Gasteiger charge is -2.12. The summed E-state index contributed by atoms with van der Waals surface area (Å²) in [5.74, 6) is 0.897. The first-order valence-corrected chi connectivity index (χ1v) is 6.86. The van der Waals surface area contributed by atoms with Gasteiger partial charge in [0.1, 0.15) is 23.9 Å². The Morgan fingerprint density at radius 2 is 1.76 bits per heavy atom. The van der Waals surface area contributed by atoms with Crippen LogP contribution in [0.5, 0.6) is 11.5 Å². The summed E-state index contributed by atoms with van der Waals surface area (Å²) in [6.07, 6.45) is 0. The molecule has 112 valence electrons. The van der Waals surface area contributed by atoms with Gasteiger partial charge >= 0.3 is 0 Å². The van der Waals surface area contributed by atoms with Crippen molar-refractivity contribution in [1.29, 1.82) is 0 Å². The van der Waals surface area contributed by atoms with Gasteiger partial charge in [-0.25, -0.2) is 4.39 Å². The molecule has 2 aromatic carbocycles. The molecule has 0 aliphatic heterocycles. The first-order chi connectivity index (χ1) is 10.1. The molecule has 0 fully saturated rings. The van der Waals surface area contributed by atoms with E-state index >= 15 is 0 Å². The van der Waals surface area contributed by atoms with Crippen molar-refractivity contribution in [3.8, 4) is 11.5 Å². The summed E-state index contributed by atoms with van der Waals surface area (Å²) in [6, 6.07) is 12.8. The second kappa shape index (κ2) is 7.09. The van der Waals surface area contributed by atoms with Gasteiger partial charge in [-0.3, -0.25) is 0 Å². The minimum Gasteiger partial charge on any atom is -0.497 e. The Labute approximate surface area is 124 Å². The van der Waals surface area contributed by atoms with E-state index in [1.54, 1.807) is 12.1 Å². The third kappa shape index (κ3) is 3.95. The van der Waals surface area contributed by atoms with Gasteiger partial charge in [0, 0.05) is 17.7 Å². The van der Waals surface area contributed by atoms with Crippen molar-refractivity contribution in [2.24, 2.45) is 0 Å². The van der Waals surface area contributed by atoms with Crippen LogP contribution in [-0.2, 0) is 6.61 Å². The van der Waals surface area contributed by atoms with E-state index < -0.39 is 0 Å². The third-order valence-electron chi connectivity index (χ3n) is 3.47. The molecule has 0 spiro atoms. The van der Waals surface area contributed by atoms with E-state index in [1.165, 1.54) is 18.7 Å². The van der Waals surface area contributed by atoms with Crippen LogP contribution in [0.4, 0.5) is 4.39 Å². The van der Waals surface area contributed by atoms with E-state index in [0.717, 1.165) is 5.75 Å². The van der Waals surface area contributed by atoms with Crippen LogP contribution >= 0.6 is 0 Å². The molecule has 2 rings (SSSR count). The van der Waals surface area contributed by atoms with Crippen molar-refractivity contribution in [3.63, 3.8) is 0 Å². The van der Waals surface area contributed by atoms with Gasteiger partial charge in [0.2, 0.25) is 0 Å². The topological polar surface area (TPSA) is 30.5 Å². The molecule has 0 aliphatic rings. The lowest BCUT2D eigenvalue weighted by Crippen LogP contribution is -2.11. The largest absolute Gasteiger partial charge is 0.497 e. The fourth-order valence-corrected chi connectivity index (χ4v) is 1.95. The Balaban J connectivity index is 1.99. The minimum atomic E-state index is -0.324. The smallest absolute Gasteiger partial charge is 0.133 e. The van der Waals surface area contributed by atoms with E-state index in [4.69, 9.17) is 9.47 Å². The number of hydrogen-bond donors (Lipinski definition) is 1. The highest BCUT2D eigenvalue weighted by atomic mass is 19.1. The molecule has 2 aromatic rings. The summed E-state index contributed by atoms with van der Waals surface area (Å²) in [7, 11) is 3.43. The molecular weight excluding hydrogens is 269 g/mol. The van der Waals surface area contributed by atoms with E-state index in [2.05, 4.69) is 12.2 Å². The zero-order valence-electron chi connectivity index (χ0n) is 12.5. The van der Waals surface area contributed by atoms with E-state index in [-0.39, 0.29) is 18.5 Å². The molecule has 21 heavy (non-hydrogen) atoms. The Bertz CT molecular complexity index is 584. The second-order valence-electron chi connectivity index (χ2n) is 4.83. The summed E-state index contributed by atoms with van der Waals surface area (Å²) >= 11 is 0.